The Kier molecular flexibility index (Phi) is 12.5. The smallest absolute Gasteiger partial charge is 0.407 e. The maximum Gasteiger partial charge on any atom is 0.407 e. The lowest BCUT2D eigenvalue weighted by Crippen LogP contribution is -2.64. The monoisotopic (exact) mass is 822 g/mol. The second-order valence-corrected chi connectivity index (χ2v) is 16.7. The van der Waals surface area contributed by atoms with Crippen LogP contribution in [0.5, 0.6) is 0 Å². The molecule has 0 aliphatic carbocycles. The van der Waals surface area contributed by atoms with Crippen LogP contribution in [0.3, 0.4) is 0 Å². The van der Waals surface area contributed by atoms with Gasteiger partial charge in [-0.15, -0.1) is 0 Å². The summed E-state index contributed by atoms with van der Waals surface area (Å²) in [7, 11) is 4.09. The van der Waals surface area contributed by atoms with E-state index in [1.807, 2.05) is 29.8 Å². The lowest BCUT2D eigenvalue weighted by atomic mass is 9.93. The Hall–Kier alpha value is -5.83. The number of rotatable bonds is 12. The first kappa shape index (κ1) is 42.3. The van der Waals surface area contributed by atoms with Gasteiger partial charge in [0.2, 0.25) is 11.8 Å². The van der Waals surface area contributed by atoms with Crippen LogP contribution in [-0.4, -0.2) is 117 Å². The molecule has 0 aromatic heterocycles. The van der Waals surface area contributed by atoms with Crippen LogP contribution in [0.25, 0.3) is 27.6 Å². The van der Waals surface area contributed by atoms with Crippen LogP contribution in [0.4, 0.5) is 9.59 Å². The summed E-state index contributed by atoms with van der Waals surface area (Å²) in [4.78, 5) is 60.2. The lowest BCUT2D eigenvalue weighted by molar-refractivity contribution is -0.141. The van der Waals surface area contributed by atoms with Gasteiger partial charge in [0.25, 0.3) is 0 Å². The first-order chi connectivity index (χ1) is 28.8. The number of fused-ring (bicyclic) bond motifs is 1. The molecule has 5 N–H and O–H groups in total. The Bertz CT molecular complexity index is 2160. The van der Waals surface area contributed by atoms with Gasteiger partial charge in [-0.05, 0) is 90.6 Å². The number of ether oxygens (including phenoxy) is 3. The van der Waals surface area contributed by atoms with Crippen LogP contribution in [0.2, 0.25) is 0 Å². The predicted molar refractivity (Wildman–Crippen MR) is 230 cm³/mol. The van der Waals surface area contributed by atoms with Gasteiger partial charge in [-0.25, -0.2) is 9.59 Å². The summed E-state index contributed by atoms with van der Waals surface area (Å²) in [5, 5.41) is 18.4. The second-order valence-electron chi connectivity index (χ2n) is 16.7. The molecule has 4 aliphatic rings. The van der Waals surface area contributed by atoms with E-state index in [4.69, 9.17) is 19.2 Å². The molecule has 0 radical (unpaired) electrons. The number of alkyl carbamates (subject to hydrolysis) is 2. The SMILES string of the molecule is COC(=O)N[C@H](C(=O)N1CCC[C@H]1C1=NCC(c2ccc3cc(-c4ccc(C5=CNC([C@]6(C)CCCN6C(=O)[C@@H](NC(=O)OC)[C@H](C)OC)N5)cc4)ccc3c2)N1)C(C)C. The second kappa shape index (κ2) is 17.8. The molecule has 15 heteroatoms. The van der Waals surface area contributed by atoms with Crippen molar-refractivity contribution in [2.45, 2.75) is 95.4 Å². The van der Waals surface area contributed by atoms with Gasteiger partial charge < -0.3 is 50.6 Å². The van der Waals surface area contributed by atoms with E-state index < -0.39 is 35.9 Å². The topological polar surface area (TPSA) is 175 Å². The molecule has 4 aliphatic heterocycles. The van der Waals surface area contributed by atoms with Crippen molar-refractivity contribution in [1.29, 1.82) is 0 Å². The minimum Gasteiger partial charge on any atom is -0.453 e. The normalized spacial score (nSPS) is 23.8. The Balaban J connectivity index is 0.977. The molecule has 4 heterocycles. The average Bonchev–Trinajstić information content (AvgIpc) is 4.11. The van der Waals surface area contributed by atoms with Gasteiger partial charge in [0.15, 0.2) is 0 Å². The van der Waals surface area contributed by atoms with E-state index in [0.29, 0.717) is 19.6 Å². The maximum absolute atomic E-state index is 13.9. The molecule has 7 atom stereocenters. The third-order valence-corrected chi connectivity index (χ3v) is 12.6. The summed E-state index contributed by atoms with van der Waals surface area (Å²) in [6, 6.07) is 19.7. The van der Waals surface area contributed by atoms with E-state index in [9.17, 15) is 19.2 Å². The van der Waals surface area contributed by atoms with Crippen molar-refractivity contribution in [2.75, 3.05) is 41.0 Å². The summed E-state index contributed by atoms with van der Waals surface area (Å²) in [6.45, 7) is 9.42. The fourth-order valence-electron chi connectivity index (χ4n) is 8.97. The number of methoxy groups -OCH3 is 3. The van der Waals surface area contributed by atoms with Crippen LogP contribution in [-0.2, 0) is 23.8 Å². The molecule has 0 spiro atoms. The average molecular weight is 823 g/mol. The van der Waals surface area contributed by atoms with Crippen molar-refractivity contribution in [3.05, 3.63) is 78.0 Å². The number of aliphatic imine (C=N–C) groups is 1. The number of likely N-dealkylation sites (tertiary alicyclic amines) is 2. The molecule has 320 valence electrons. The Morgan fingerprint density at radius 3 is 2.17 bits per heavy atom. The molecule has 0 saturated carbocycles. The van der Waals surface area contributed by atoms with E-state index >= 15 is 0 Å². The molecule has 2 saturated heterocycles. The summed E-state index contributed by atoms with van der Waals surface area (Å²) in [5.74, 6) is 0.397. The number of nitrogens with one attached hydrogen (secondary N) is 5. The van der Waals surface area contributed by atoms with Crippen molar-refractivity contribution in [2.24, 2.45) is 10.9 Å². The first-order valence-electron chi connectivity index (χ1n) is 20.9. The molecule has 60 heavy (non-hydrogen) atoms. The van der Waals surface area contributed by atoms with Crippen molar-refractivity contribution < 1.29 is 33.4 Å². The minimum absolute atomic E-state index is 0.00415. The molecule has 3 aromatic carbocycles. The van der Waals surface area contributed by atoms with Gasteiger partial charge >= 0.3 is 12.2 Å². The lowest BCUT2D eigenvalue weighted by Gasteiger charge is -2.42. The van der Waals surface area contributed by atoms with Gasteiger partial charge in [0.1, 0.15) is 24.1 Å². The van der Waals surface area contributed by atoms with Crippen LogP contribution in [0.15, 0.2) is 71.9 Å². The van der Waals surface area contributed by atoms with Gasteiger partial charge in [-0.3, -0.25) is 14.6 Å². The van der Waals surface area contributed by atoms with E-state index in [1.54, 1.807) is 6.92 Å². The maximum atomic E-state index is 13.9. The van der Waals surface area contributed by atoms with E-state index in [1.165, 1.54) is 21.3 Å². The number of benzene rings is 3. The summed E-state index contributed by atoms with van der Waals surface area (Å²) in [5.41, 5.74) is 4.72. The largest absolute Gasteiger partial charge is 0.453 e. The van der Waals surface area contributed by atoms with Crippen molar-refractivity contribution in [3.8, 4) is 11.1 Å². The van der Waals surface area contributed by atoms with Crippen molar-refractivity contribution in [1.82, 2.24) is 36.4 Å². The van der Waals surface area contributed by atoms with Crippen molar-refractivity contribution in [3.63, 3.8) is 0 Å². The number of amidine groups is 1. The molecule has 2 unspecified atom stereocenters. The number of nitrogens with zero attached hydrogens (tertiary/aromatic N) is 3. The standard InChI is InChI=1S/C45H58N8O7/c1-26(2)37(50-43(56)59-6)40(54)52-20-8-10-36(52)39-46-24-35(48-39)33-18-17-31-22-30(15-16-32(31)23-33)28-11-13-29(14-12-28)34-25-47-42(49-34)45(4)19-9-21-53(45)41(55)38(27(3)58-5)51-44(57)60-7/h11-18,22-23,25-27,35-38,42,47,49H,8-10,19-21,24H2,1-7H3,(H,46,48)(H,50,56)(H,51,57)/t27-,35?,36-,37-,38-,42?,45-/m0/s1. The highest BCUT2D eigenvalue weighted by atomic mass is 16.5. The number of hydrogen-bond acceptors (Lipinski definition) is 11. The summed E-state index contributed by atoms with van der Waals surface area (Å²) >= 11 is 0. The summed E-state index contributed by atoms with van der Waals surface area (Å²) in [6.07, 6.45) is 3.19. The number of amides is 4. The highest BCUT2D eigenvalue weighted by molar-refractivity contribution is 5.96. The molecular formula is C45H58N8O7. The molecule has 7 rings (SSSR count). The van der Waals surface area contributed by atoms with Gasteiger partial charge in [-0.1, -0.05) is 62.4 Å². The molecule has 4 amide bonds. The Morgan fingerprint density at radius 2 is 1.47 bits per heavy atom. The number of hydrogen-bond donors (Lipinski definition) is 5. The quantitative estimate of drug-likeness (QED) is 0.170. The number of carbonyl (C=O) groups is 4. The zero-order chi connectivity index (χ0) is 42.7. The predicted octanol–water partition coefficient (Wildman–Crippen LogP) is 4.88. The summed E-state index contributed by atoms with van der Waals surface area (Å²) < 4.78 is 15.0. The third-order valence-electron chi connectivity index (χ3n) is 12.6. The molecule has 0 bridgehead atoms. The zero-order valence-corrected chi connectivity index (χ0v) is 35.5. The van der Waals surface area contributed by atoms with Gasteiger partial charge in [0, 0.05) is 26.4 Å². The van der Waals surface area contributed by atoms with Crippen molar-refractivity contribution >= 4 is 46.3 Å². The molecule has 15 nitrogen and oxygen atoms in total. The van der Waals surface area contributed by atoms with Crippen LogP contribution < -0.4 is 26.6 Å². The highest BCUT2D eigenvalue weighted by Gasteiger charge is 2.49. The fourth-order valence-corrected chi connectivity index (χ4v) is 8.97. The number of carbonyl (C=O) groups excluding carboxylic acids is 4. The minimum atomic E-state index is -0.887. The Labute approximate surface area is 351 Å². The van der Waals surface area contributed by atoms with Gasteiger partial charge in [0.05, 0.1) is 50.2 Å². The molecule has 3 aromatic rings. The van der Waals surface area contributed by atoms with E-state index in [2.05, 4.69) is 94.2 Å². The molecular weight excluding hydrogens is 765 g/mol. The van der Waals surface area contributed by atoms with Crippen LogP contribution >= 0.6 is 0 Å². The zero-order valence-electron chi connectivity index (χ0n) is 35.5. The highest BCUT2D eigenvalue weighted by Crippen LogP contribution is 2.36. The first-order valence-corrected chi connectivity index (χ1v) is 20.9. The van der Waals surface area contributed by atoms with E-state index in [-0.39, 0.29) is 36.0 Å². The fraction of sp³-hybridized carbons (Fsp3) is 0.489. The Morgan fingerprint density at radius 1 is 0.800 bits per heavy atom. The third kappa shape index (κ3) is 8.45. The molecule has 2 fully saturated rings. The van der Waals surface area contributed by atoms with Crippen LogP contribution in [0, 0.1) is 5.92 Å². The van der Waals surface area contributed by atoms with Gasteiger partial charge in [-0.2, -0.15) is 0 Å². The van der Waals surface area contributed by atoms with E-state index in [0.717, 1.165) is 70.2 Å². The van der Waals surface area contributed by atoms with Crippen LogP contribution in [0.1, 0.15) is 70.5 Å².